The van der Waals surface area contributed by atoms with E-state index in [-0.39, 0.29) is 23.4 Å². The monoisotopic (exact) mass is 244 g/mol. The Morgan fingerprint density at radius 2 is 1.65 bits per heavy atom. The molecule has 0 saturated carbocycles. The van der Waals surface area contributed by atoms with E-state index in [0.29, 0.717) is 12.5 Å². The highest BCUT2D eigenvalue weighted by atomic mass is 16.6. The van der Waals surface area contributed by atoms with Gasteiger partial charge in [-0.25, -0.2) is 0 Å². The van der Waals surface area contributed by atoms with Gasteiger partial charge in [0.25, 0.3) is 0 Å². The molecule has 0 N–H and O–H groups in total. The molecule has 1 fully saturated rings. The Morgan fingerprint density at radius 1 is 1.06 bits per heavy atom. The Kier molecular flexibility index (Phi) is 4.61. The highest BCUT2D eigenvalue weighted by Crippen LogP contribution is 2.28. The molecule has 0 bridgehead atoms. The van der Waals surface area contributed by atoms with E-state index in [1.54, 1.807) is 0 Å². The highest BCUT2D eigenvalue weighted by molar-refractivity contribution is 4.85. The van der Waals surface area contributed by atoms with E-state index in [1.165, 1.54) is 0 Å². The molecule has 17 heavy (non-hydrogen) atoms. The standard InChI is InChI=1S/C14H28O3/c1-10-8-15-11(9-16-13(2,3)4)12(10)17-14(5,6)7/h10-12H,8-9H2,1-7H3/t10-,11-,12?/m1/s1. The first kappa shape index (κ1) is 14.9. The fourth-order valence-corrected chi connectivity index (χ4v) is 1.91. The summed E-state index contributed by atoms with van der Waals surface area (Å²) in [6.45, 7) is 16.0. The maximum atomic E-state index is 6.08. The molecule has 1 saturated heterocycles. The topological polar surface area (TPSA) is 27.7 Å². The third-order valence-corrected chi connectivity index (χ3v) is 2.67. The predicted octanol–water partition coefficient (Wildman–Crippen LogP) is 3.02. The van der Waals surface area contributed by atoms with Crippen LogP contribution in [0.4, 0.5) is 0 Å². The van der Waals surface area contributed by atoms with E-state index in [4.69, 9.17) is 14.2 Å². The third-order valence-electron chi connectivity index (χ3n) is 2.67. The van der Waals surface area contributed by atoms with Crippen LogP contribution in [0.25, 0.3) is 0 Å². The molecule has 1 aliphatic rings. The molecular weight excluding hydrogens is 216 g/mol. The molecule has 3 heteroatoms. The van der Waals surface area contributed by atoms with Crippen LogP contribution < -0.4 is 0 Å². The van der Waals surface area contributed by atoms with E-state index in [1.807, 2.05) is 0 Å². The number of rotatable bonds is 3. The summed E-state index contributed by atoms with van der Waals surface area (Å²) in [5.74, 6) is 0.433. The maximum absolute atomic E-state index is 6.08. The van der Waals surface area contributed by atoms with Crippen LogP contribution >= 0.6 is 0 Å². The first-order valence-electron chi connectivity index (χ1n) is 6.52. The van der Waals surface area contributed by atoms with Crippen molar-refractivity contribution in [3.8, 4) is 0 Å². The van der Waals surface area contributed by atoms with Crippen molar-refractivity contribution in [3.63, 3.8) is 0 Å². The summed E-state index contributed by atoms with van der Waals surface area (Å²) in [5.41, 5.74) is -0.256. The van der Waals surface area contributed by atoms with Gasteiger partial charge in [-0.1, -0.05) is 6.92 Å². The fourth-order valence-electron chi connectivity index (χ4n) is 1.91. The molecule has 0 spiro atoms. The smallest absolute Gasteiger partial charge is 0.107 e. The lowest BCUT2D eigenvalue weighted by Gasteiger charge is -2.31. The third kappa shape index (κ3) is 5.36. The van der Waals surface area contributed by atoms with E-state index in [0.717, 1.165) is 6.61 Å². The van der Waals surface area contributed by atoms with Crippen LogP contribution in [0.2, 0.25) is 0 Å². The van der Waals surface area contributed by atoms with E-state index in [2.05, 4.69) is 48.5 Å². The van der Waals surface area contributed by atoms with Gasteiger partial charge in [0.05, 0.1) is 30.5 Å². The van der Waals surface area contributed by atoms with Crippen molar-refractivity contribution in [2.75, 3.05) is 13.2 Å². The SMILES string of the molecule is C[C@@H]1CO[C@H](COC(C)(C)C)C1OC(C)(C)C. The van der Waals surface area contributed by atoms with Gasteiger partial charge in [0, 0.05) is 5.92 Å². The summed E-state index contributed by atoms with van der Waals surface area (Å²) in [7, 11) is 0. The number of hydrogen-bond acceptors (Lipinski definition) is 3. The Labute approximate surface area is 106 Å². The second-order valence-corrected chi connectivity index (χ2v) is 6.97. The molecule has 0 aromatic carbocycles. The Hall–Kier alpha value is -0.120. The molecule has 1 unspecified atom stereocenters. The van der Waals surface area contributed by atoms with Crippen LogP contribution in [-0.2, 0) is 14.2 Å². The minimum atomic E-state index is -0.132. The van der Waals surface area contributed by atoms with Crippen LogP contribution in [0.5, 0.6) is 0 Å². The maximum Gasteiger partial charge on any atom is 0.107 e. The second-order valence-electron chi connectivity index (χ2n) is 6.97. The zero-order chi connectivity index (χ0) is 13.3. The largest absolute Gasteiger partial charge is 0.373 e. The minimum Gasteiger partial charge on any atom is -0.373 e. The van der Waals surface area contributed by atoms with Crippen molar-refractivity contribution in [2.45, 2.75) is 71.9 Å². The Balaban J connectivity index is 2.53. The predicted molar refractivity (Wildman–Crippen MR) is 69.2 cm³/mol. The van der Waals surface area contributed by atoms with Crippen LogP contribution in [-0.4, -0.2) is 36.6 Å². The van der Waals surface area contributed by atoms with Gasteiger partial charge in [-0.15, -0.1) is 0 Å². The summed E-state index contributed by atoms with van der Waals surface area (Å²) >= 11 is 0. The van der Waals surface area contributed by atoms with Crippen molar-refractivity contribution < 1.29 is 14.2 Å². The lowest BCUT2D eigenvalue weighted by atomic mass is 10.0. The van der Waals surface area contributed by atoms with Crippen molar-refractivity contribution >= 4 is 0 Å². The van der Waals surface area contributed by atoms with Crippen molar-refractivity contribution in [1.29, 1.82) is 0 Å². The quantitative estimate of drug-likeness (QED) is 0.764. The minimum absolute atomic E-state index is 0.0588. The molecule has 3 nitrogen and oxygen atoms in total. The first-order valence-corrected chi connectivity index (χ1v) is 6.52. The van der Waals surface area contributed by atoms with Crippen LogP contribution in [0.3, 0.4) is 0 Å². The molecule has 0 aromatic heterocycles. The number of hydrogen-bond donors (Lipinski definition) is 0. The molecule has 0 amide bonds. The molecule has 1 rings (SSSR count). The zero-order valence-corrected chi connectivity index (χ0v) is 12.4. The van der Waals surface area contributed by atoms with E-state index < -0.39 is 0 Å². The summed E-state index contributed by atoms with van der Waals surface area (Å²) in [6, 6.07) is 0. The normalized spacial score (nSPS) is 30.9. The lowest BCUT2D eigenvalue weighted by Crippen LogP contribution is -2.39. The summed E-state index contributed by atoms with van der Waals surface area (Å²) in [4.78, 5) is 0. The van der Waals surface area contributed by atoms with Gasteiger partial charge in [-0.3, -0.25) is 0 Å². The molecule has 0 aromatic rings. The van der Waals surface area contributed by atoms with Gasteiger partial charge in [0.2, 0.25) is 0 Å². The van der Waals surface area contributed by atoms with Gasteiger partial charge in [0.15, 0.2) is 0 Å². The Morgan fingerprint density at radius 3 is 2.12 bits per heavy atom. The molecule has 102 valence electrons. The fraction of sp³-hybridized carbons (Fsp3) is 1.00. The second kappa shape index (κ2) is 5.25. The Bertz CT molecular complexity index is 237. The van der Waals surface area contributed by atoms with Gasteiger partial charge in [-0.2, -0.15) is 0 Å². The van der Waals surface area contributed by atoms with Crippen LogP contribution in [0, 0.1) is 5.92 Å². The molecule has 0 aliphatic carbocycles. The molecule has 0 radical (unpaired) electrons. The average molecular weight is 244 g/mol. The van der Waals surface area contributed by atoms with E-state index >= 15 is 0 Å². The zero-order valence-electron chi connectivity index (χ0n) is 12.4. The highest BCUT2D eigenvalue weighted by Gasteiger charge is 2.38. The van der Waals surface area contributed by atoms with Gasteiger partial charge >= 0.3 is 0 Å². The van der Waals surface area contributed by atoms with Gasteiger partial charge in [-0.05, 0) is 41.5 Å². The van der Waals surface area contributed by atoms with E-state index in [9.17, 15) is 0 Å². The summed E-state index contributed by atoms with van der Waals surface area (Å²) in [5, 5.41) is 0. The van der Waals surface area contributed by atoms with Crippen molar-refractivity contribution in [2.24, 2.45) is 5.92 Å². The average Bonchev–Trinajstić information content (AvgIpc) is 2.41. The van der Waals surface area contributed by atoms with Crippen molar-refractivity contribution in [3.05, 3.63) is 0 Å². The lowest BCUT2D eigenvalue weighted by molar-refractivity contribution is -0.128. The first-order chi connectivity index (χ1) is 7.58. The molecule has 3 atom stereocenters. The van der Waals surface area contributed by atoms with Crippen LogP contribution in [0.15, 0.2) is 0 Å². The van der Waals surface area contributed by atoms with Gasteiger partial charge in [0.1, 0.15) is 6.10 Å². The summed E-state index contributed by atoms with van der Waals surface area (Å²) < 4.78 is 17.7. The molecular formula is C14H28O3. The molecule has 1 aliphatic heterocycles. The number of ether oxygens (including phenoxy) is 3. The van der Waals surface area contributed by atoms with Gasteiger partial charge < -0.3 is 14.2 Å². The molecule has 1 heterocycles. The van der Waals surface area contributed by atoms with Crippen LogP contribution in [0.1, 0.15) is 48.5 Å². The van der Waals surface area contributed by atoms with Crippen molar-refractivity contribution in [1.82, 2.24) is 0 Å². The summed E-state index contributed by atoms with van der Waals surface area (Å²) in [6.07, 6.45) is 0.195.